The van der Waals surface area contributed by atoms with Gasteiger partial charge in [0.25, 0.3) is 0 Å². The molecule has 0 radical (unpaired) electrons. The summed E-state index contributed by atoms with van der Waals surface area (Å²) < 4.78 is 34.6. The number of rotatable bonds is 57. The molecule has 0 aromatic rings. The van der Waals surface area contributed by atoms with E-state index in [-0.39, 0.29) is 26.1 Å². The third kappa shape index (κ3) is 67.7. The molecule has 0 amide bonds. The Hall–Kier alpha value is -5.41. The van der Waals surface area contributed by atoms with Crippen molar-refractivity contribution in [1.29, 1.82) is 0 Å². The maximum absolute atomic E-state index is 12.8. The molecule has 0 spiro atoms. The van der Waals surface area contributed by atoms with E-state index in [9.17, 15) is 19.0 Å². The summed E-state index contributed by atoms with van der Waals surface area (Å²) in [6.07, 6.45) is 102. The van der Waals surface area contributed by atoms with Crippen LogP contribution in [-0.2, 0) is 32.7 Å². The van der Waals surface area contributed by atoms with E-state index < -0.39 is 32.5 Å². The van der Waals surface area contributed by atoms with E-state index in [1.165, 1.54) is 0 Å². The molecule has 9 nitrogen and oxygen atoms in total. The number of likely N-dealkylation sites (N-methyl/N-ethyl adjacent to an activating group) is 1. The number of carbonyl (C=O) groups is 2. The summed E-state index contributed by atoms with van der Waals surface area (Å²) in [6.45, 7) is 4.11. The van der Waals surface area contributed by atoms with Crippen molar-refractivity contribution in [3.8, 4) is 0 Å². The lowest BCUT2D eigenvalue weighted by atomic mass is 10.1. The Morgan fingerprint density at radius 3 is 0.930 bits per heavy atom. The van der Waals surface area contributed by atoms with Crippen molar-refractivity contribution in [2.24, 2.45) is 0 Å². The van der Waals surface area contributed by atoms with Gasteiger partial charge in [0.05, 0.1) is 27.7 Å². The van der Waals surface area contributed by atoms with E-state index in [4.69, 9.17) is 18.5 Å². The normalized spacial score (nSPS) is 14.5. The van der Waals surface area contributed by atoms with Gasteiger partial charge in [0, 0.05) is 12.8 Å². The number of unbranched alkanes of at least 4 members (excludes halogenated alkanes) is 9. The Labute approximate surface area is 525 Å². The average molecular weight is 1210 g/mol. The fourth-order valence-electron chi connectivity index (χ4n) is 7.84. The second-order valence-electron chi connectivity index (χ2n) is 22.0. The largest absolute Gasteiger partial charge is 0.472 e. The highest BCUT2D eigenvalue weighted by atomic mass is 31.2. The number of nitrogens with zero attached hydrogens (tertiary/aromatic N) is 1. The predicted molar refractivity (Wildman–Crippen MR) is 371 cm³/mol. The van der Waals surface area contributed by atoms with Crippen molar-refractivity contribution < 1.29 is 42.1 Å². The zero-order valence-electron chi connectivity index (χ0n) is 54.4. The standard InChI is InChI=1S/C76H118NO8P/c1-6-8-10-12-14-16-18-20-22-24-26-28-29-30-31-32-33-34-35-36-37-38-39-40-41-42-43-44-45-46-47-49-51-53-55-57-59-61-63-65-67-69-76(79)85-74(73-84-86(80,81)83-71-70-77(3,4)5)72-82-75(78)68-66-64-62-60-58-56-54-52-50-48-27-25-23-21-19-17-15-13-11-9-7-2/h8-11,14-17,20-23,26-28,30-31,33-34,36-37,39-40,42-43,45-46,48-49,51-52,54-55,57,74H,6-7,12-13,18-19,24-25,29,32,35,38,41,44,47,50,53,56,58-73H2,1-5H3/p+1/b10-8-,11-9-,16-14-,17-15-,22-20-,23-21-,28-26-,31-30-,34-33-,37-36-,40-39-,43-42-,46-45-,48-27-,51-49-,54-52-,57-55-. The molecule has 2 atom stereocenters. The molecule has 0 aliphatic heterocycles. The molecule has 480 valence electrons. The molecule has 0 aliphatic rings. The Balaban J connectivity index is 4.25. The van der Waals surface area contributed by atoms with Crippen LogP contribution >= 0.6 is 7.82 Å². The second-order valence-corrected chi connectivity index (χ2v) is 23.5. The maximum atomic E-state index is 12.8. The molecule has 0 aromatic carbocycles. The highest BCUT2D eigenvalue weighted by Gasteiger charge is 2.27. The van der Waals surface area contributed by atoms with Crippen LogP contribution in [0, 0.1) is 0 Å². The fourth-order valence-corrected chi connectivity index (χ4v) is 8.59. The van der Waals surface area contributed by atoms with Crippen LogP contribution in [0.5, 0.6) is 0 Å². The molecular weight excluding hydrogens is 1090 g/mol. The Morgan fingerprint density at radius 1 is 0.360 bits per heavy atom. The van der Waals surface area contributed by atoms with Crippen molar-refractivity contribution in [2.45, 2.75) is 213 Å². The first-order valence-electron chi connectivity index (χ1n) is 32.8. The van der Waals surface area contributed by atoms with Crippen LogP contribution in [0.4, 0.5) is 0 Å². The van der Waals surface area contributed by atoms with Gasteiger partial charge in [-0.3, -0.25) is 18.6 Å². The molecule has 0 bridgehead atoms. The van der Waals surface area contributed by atoms with Crippen LogP contribution < -0.4 is 0 Å². The van der Waals surface area contributed by atoms with Gasteiger partial charge < -0.3 is 18.9 Å². The van der Waals surface area contributed by atoms with Gasteiger partial charge in [0.15, 0.2) is 6.10 Å². The Kier molecular flexibility index (Phi) is 60.0. The van der Waals surface area contributed by atoms with Crippen molar-refractivity contribution in [3.63, 3.8) is 0 Å². The molecule has 10 heteroatoms. The molecule has 0 aliphatic carbocycles. The van der Waals surface area contributed by atoms with Gasteiger partial charge in [-0.2, -0.15) is 0 Å². The lowest BCUT2D eigenvalue weighted by molar-refractivity contribution is -0.870. The molecule has 0 saturated heterocycles. The van der Waals surface area contributed by atoms with E-state index in [1.54, 1.807) is 0 Å². The highest BCUT2D eigenvalue weighted by Crippen LogP contribution is 2.43. The molecule has 2 unspecified atom stereocenters. The number of esters is 2. The third-order valence-corrected chi connectivity index (χ3v) is 13.8. The Bertz CT molecular complexity index is 2200. The zero-order valence-corrected chi connectivity index (χ0v) is 55.3. The summed E-state index contributed by atoms with van der Waals surface area (Å²) in [5, 5.41) is 0. The van der Waals surface area contributed by atoms with Crippen molar-refractivity contribution >= 4 is 19.8 Å². The van der Waals surface area contributed by atoms with E-state index >= 15 is 0 Å². The van der Waals surface area contributed by atoms with E-state index in [2.05, 4.69) is 220 Å². The third-order valence-electron chi connectivity index (χ3n) is 12.8. The molecule has 0 rings (SSSR count). The quantitative estimate of drug-likeness (QED) is 0.0211. The van der Waals surface area contributed by atoms with Crippen molar-refractivity contribution in [1.82, 2.24) is 0 Å². The number of ether oxygens (including phenoxy) is 2. The number of hydrogen-bond donors (Lipinski definition) is 1. The topological polar surface area (TPSA) is 108 Å². The lowest BCUT2D eigenvalue weighted by Crippen LogP contribution is -2.37. The van der Waals surface area contributed by atoms with E-state index in [0.717, 1.165) is 167 Å². The smallest absolute Gasteiger partial charge is 0.462 e. The number of phosphoric ester groups is 1. The maximum Gasteiger partial charge on any atom is 0.472 e. The monoisotopic (exact) mass is 1200 g/mol. The first-order chi connectivity index (χ1) is 42.0. The second kappa shape index (κ2) is 64.1. The van der Waals surface area contributed by atoms with Gasteiger partial charge >= 0.3 is 19.8 Å². The SMILES string of the molecule is CC/C=C\C/C=C\C/C=C\C/C=C\C/C=C\C/C=C\C/C=C\C/C=C\C/C=C\C/C=C\C/C=C\C/C=C\CCCCCCC(=O)OC(COC(=O)CCCCCCC/C=C\C/C=C\C/C=C\C/C=C\C/C=C\CC)COP(=O)(O)OCC[N+](C)(C)C. The van der Waals surface area contributed by atoms with Crippen LogP contribution in [-0.4, -0.2) is 74.9 Å². The van der Waals surface area contributed by atoms with E-state index in [1.807, 2.05) is 21.1 Å². The van der Waals surface area contributed by atoms with Crippen LogP contribution in [0.1, 0.15) is 206 Å². The van der Waals surface area contributed by atoms with Crippen LogP contribution in [0.25, 0.3) is 0 Å². The molecule has 0 aromatic heterocycles. The van der Waals surface area contributed by atoms with Crippen molar-refractivity contribution in [3.05, 3.63) is 207 Å². The van der Waals surface area contributed by atoms with Gasteiger partial charge in [-0.1, -0.05) is 253 Å². The van der Waals surface area contributed by atoms with Gasteiger partial charge in [-0.15, -0.1) is 0 Å². The van der Waals surface area contributed by atoms with Gasteiger partial charge in [0.2, 0.25) is 0 Å². The molecule has 0 fully saturated rings. The van der Waals surface area contributed by atoms with Gasteiger partial charge in [0.1, 0.15) is 19.8 Å². The van der Waals surface area contributed by atoms with E-state index in [0.29, 0.717) is 23.9 Å². The number of phosphoric acid groups is 1. The number of hydrogen-bond acceptors (Lipinski definition) is 7. The minimum atomic E-state index is -4.42. The summed E-state index contributed by atoms with van der Waals surface area (Å²) in [5.74, 6) is -0.867. The first kappa shape index (κ1) is 80.6. The van der Waals surface area contributed by atoms with Crippen molar-refractivity contribution in [2.75, 3.05) is 47.5 Å². The van der Waals surface area contributed by atoms with Crippen LogP contribution in [0.2, 0.25) is 0 Å². The zero-order chi connectivity index (χ0) is 62.6. The highest BCUT2D eigenvalue weighted by molar-refractivity contribution is 7.47. The minimum Gasteiger partial charge on any atom is -0.462 e. The van der Waals surface area contributed by atoms with Crippen LogP contribution in [0.3, 0.4) is 0 Å². The molecular formula is C76H119NO8P+. The predicted octanol–water partition coefficient (Wildman–Crippen LogP) is 21.5. The first-order valence-corrected chi connectivity index (χ1v) is 34.3. The van der Waals surface area contributed by atoms with Gasteiger partial charge in [-0.25, -0.2) is 4.57 Å². The Morgan fingerprint density at radius 2 is 0.628 bits per heavy atom. The summed E-state index contributed by atoms with van der Waals surface area (Å²) in [6, 6.07) is 0. The van der Waals surface area contributed by atoms with Crippen LogP contribution in [0.15, 0.2) is 207 Å². The average Bonchev–Trinajstić information content (AvgIpc) is 3.70. The number of quaternary nitrogens is 1. The molecule has 1 N–H and O–H groups in total. The minimum absolute atomic E-state index is 0.0106. The van der Waals surface area contributed by atoms with Gasteiger partial charge in [-0.05, 0) is 148 Å². The summed E-state index contributed by atoms with van der Waals surface area (Å²) in [4.78, 5) is 35.8. The molecule has 0 saturated carbocycles. The summed E-state index contributed by atoms with van der Waals surface area (Å²) in [7, 11) is 1.41. The lowest BCUT2D eigenvalue weighted by Gasteiger charge is -2.24. The number of allylic oxidation sites excluding steroid dienone is 34. The molecule has 0 heterocycles. The summed E-state index contributed by atoms with van der Waals surface area (Å²) >= 11 is 0. The fraction of sp³-hybridized carbons (Fsp3) is 0.526. The number of carbonyl (C=O) groups excluding carboxylic acids is 2. The molecule has 86 heavy (non-hydrogen) atoms. The summed E-state index contributed by atoms with van der Waals surface area (Å²) in [5.41, 5.74) is 0.